The molecule has 0 aliphatic carbocycles. The molecule has 2 aliphatic rings. The highest BCUT2D eigenvalue weighted by atomic mass is 19.4. The molecule has 1 unspecified atom stereocenters. The summed E-state index contributed by atoms with van der Waals surface area (Å²) in [4.78, 5) is 28.1. The second kappa shape index (κ2) is 10.7. The predicted molar refractivity (Wildman–Crippen MR) is 151 cm³/mol. The molecular formula is C29H31F3N8O. The Morgan fingerprint density at radius 2 is 1.78 bits per heavy atom. The second-order valence-corrected chi connectivity index (χ2v) is 10.8. The van der Waals surface area contributed by atoms with Crippen LogP contribution >= 0.6 is 0 Å². The van der Waals surface area contributed by atoms with E-state index in [1.165, 1.54) is 6.20 Å². The van der Waals surface area contributed by atoms with E-state index in [4.69, 9.17) is 5.10 Å². The fraction of sp³-hybridized carbons (Fsp3) is 0.379. The van der Waals surface area contributed by atoms with Gasteiger partial charge in [0.25, 0.3) is 5.91 Å². The number of hydrogen-bond donors (Lipinski definition) is 1. The van der Waals surface area contributed by atoms with Crippen LogP contribution in [0.4, 0.5) is 30.5 Å². The number of benzene rings is 1. The van der Waals surface area contributed by atoms with E-state index >= 15 is 0 Å². The molecule has 9 nitrogen and oxygen atoms in total. The van der Waals surface area contributed by atoms with Gasteiger partial charge < -0.3 is 20.0 Å². The average Bonchev–Trinajstić information content (AvgIpc) is 3.60. The molecule has 2 saturated heterocycles. The summed E-state index contributed by atoms with van der Waals surface area (Å²) in [6.07, 6.45) is 0.142. The molecule has 0 saturated carbocycles. The van der Waals surface area contributed by atoms with Gasteiger partial charge in [0.05, 0.1) is 23.6 Å². The highest BCUT2D eigenvalue weighted by Crippen LogP contribution is 2.34. The van der Waals surface area contributed by atoms with Crippen LogP contribution in [-0.2, 0) is 6.18 Å². The summed E-state index contributed by atoms with van der Waals surface area (Å²) in [6, 6.07) is 10.3. The number of amides is 1. The van der Waals surface area contributed by atoms with Gasteiger partial charge in [-0.1, -0.05) is 6.07 Å². The van der Waals surface area contributed by atoms with Crippen LogP contribution in [0.2, 0.25) is 0 Å². The first-order chi connectivity index (χ1) is 19.7. The standard InChI is InChI=1S/C29H31F3N8O/c1-19-3-4-20(28(41)35-23-14-22(15-33-16-23)29(30,31)32)13-24(19)21-7-8-39(18-21)27-17-34-25-5-6-26(36-40(25)27)38-11-9-37(2)10-12-38/h3-6,13-17,21H,7-12,18H2,1-2H3,(H,35,41). The fourth-order valence-corrected chi connectivity index (χ4v) is 5.58. The molecule has 41 heavy (non-hydrogen) atoms. The first-order valence-corrected chi connectivity index (χ1v) is 13.6. The summed E-state index contributed by atoms with van der Waals surface area (Å²) in [6.45, 7) is 7.41. The molecule has 6 rings (SSSR count). The maximum Gasteiger partial charge on any atom is 0.417 e. The topological polar surface area (TPSA) is 81.9 Å². The summed E-state index contributed by atoms with van der Waals surface area (Å²) >= 11 is 0. The summed E-state index contributed by atoms with van der Waals surface area (Å²) in [7, 11) is 2.13. The number of likely N-dealkylation sites (N-methyl/N-ethyl adjacent to an activating group) is 1. The number of anilines is 3. The van der Waals surface area contributed by atoms with Crippen molar-refractivity contribution in [3.05, 3.63) is 77.2 Å². The summed E-state index contributed by atoms with van der Waals surface area (Å²) in [5.74, 6) is 1.56. The Balaban J connectivity index is 1.19. The normalized spacial score (nSPS) is 18.3. The first-order valence-electron chi connectivity index (χ1n) is 13.6. The van der Waals surface area contributed by atoms with E-state index in [0.717, 1.165) is 86.4 Å². The molecule has 2 fully saturated rings. The van der Waals surface area contributed by atoms with Crippen LogP contribution in [0.3, 0.4) is 0 Å². The number of rotatable bonds is 5. The van der Waals surface area contributed by atoms with E-state index in [1.807, 2.05) is 41.9 Å². The van der Waals surface area contributed by atoms with Crippen LogP contribution in [-0.4, -0.2) is 76.7 Å². The maximum atomic E-state index is 13.1. The molecule has 1 N–H and O–H groups in total. The quantitative estimate of drug-likeness (QED) is 0.384. The lowest BCUT2D eigenvalue weighted by molar-refractivity contribution is -0.137. The Morgan fingerprint density at radius 1 is 0.976 bits per heavy atom. The summed E-state index contributed by atoms with van der Waals surface area (Å²) in [5.41, 5.74) is 2.36. The Hall–Kier alpha value is -4.19. The summed E-state index contributed by atoms with van der Waals surface area (Å²) in [5, 5.41) is 7.49. The minimum absolute atomic E-state index is 0.00459. The number of fused-ring (bicyclic) bond motifs is 1. The number of pyridine rings is 1. The average molecular weight is 565 g/mol. The van der Waals surface area contributed by atoms with Crippen molar-refractivity contribution in [1.82, 2.24) is 24.5 Å². The monoisotopic (exact) mass is 564 g/mol. The SMILES string of the molecule is Cc1ccc(C(=O)Nc2cncc(C(F)(F)F)c2)cc1C1CCN(c2cnc3ccc(N4CCN(C)CC4)nn23)C1. The zero-order chi connectivity index (χ0) is 28.7. The molecule has 12 heteroatoms. The van der Waals surface area contributed by atoms with Crippen LogP contribution < -0.4 is 15.1 Å². The highest BCUT2D eigenvalue weighted by Gasteiger charge is 2.31. The zero-order valence-corrected chi connectivity index (χ0v) is 22.9. The van der Waals surface area contributed by atoms with Crippen molar-refractivity contribution in [3.8, 4) is 0 Å². The smallest absolute Gasteiger partial charge is 0.355 e. The fourth-order valence-electron chi connectivity index (χ4n) is 5.58. The van der Waals surface area contributed by atoms with Crippen molar-refractivity contribution < 1.29 is 18.0 Å². The number of aryl methyl sites for hydroxylation is 1. The van der Waals surface area contributed by atoms with Crippen molar-refractivity contribution in [2.45, 2.75) is 25.4 Å². The van der Waals surface area contributed by atoms with Gasteiger partial charge in [-0.2, -0.15) is 17.7 Å². The van der Waals surface area contributed by atoms with Crippen LogP contribution in [0.25, 0.3) is 5.65 Å². The molecular weight excluding hydrogens is 533 g/mol. The van der Waals surface area contributed by atoms with Gasteiger partial charge in [-0.25, -0.2) is 4.98 Å². The van der Waals surface area contributed by atoms with Crippen LogP contribution in [0.5, 0.6) is 0 Å². The van der Waals surface area contributed by atoms with Crippen LogP contribution in [0.15, 0.2) is 55.0 Å². The number of nitrogens with one attached hydrogen (secondary N) is 1. The molecule has 214 valence electrons. The van der Waals surface area contributed by atoms with E-state index in [-0.39, 0.29) is 11.6 Å². The molecule has 1 atom stereocenters. The number of hydrogen-bond acceptors (Lipinski definition) is 7. The van der Waals surface area contributed by atoms with Crippen molar-refractivity contribution in [1.29, 1.82) is 0 Å². The maximum absolute atomic E-state index is 13.1. The third kappa shape index (κ3) is 5.56. The lowest BCUT2D eigenvalue weighted by atomic mass is 9.92. The number of aromatic nitrogens is 4. The van der Waals surface area contributed by atoms with E-state index in [9.17, 15) is 18.0 Å². The minimum Gasteiger partial charge on any atom is -0.355 e. The van der Waals surface area contributed by atoms with Gasteiger partial charge >= 0.3 is 6.18 Å². The van der Waals surface area contributed by atoms with E-state index in [0.29, 0.717) is 5.56 Å². The predicted octanol–water partition coefficient (Wildman–Crippen LogP) is 4.45. The molecule has 3 aromatic heterocycles. The van der Waals surface area contributed by atoms with Crippen molar-refractivity contribution in [2.24, 2.45) is 0 Å². The zero-order valence-electron chi connectivity index (χ0n) is 22.9. The van der Waals surface area contributed by atoms with Gasteiger partial charge in [0.15, 0.2) is 11.5 Å². The third-order valence-electron chi connectivity index (χ3n) is 7.97. The van der Waals surface area contributed by atoms with Gasteiger partial charge in [0.1, 0.15) is 5.82 Å². The molecule has 5 heterocycles. The number of alkyl halides is 3. The van der Waals surface area contributed by atoms with Gasteiger partial charge in [-0.05, 0) is 61.9 Å². The molecule has 0 spiro atoms. The van der Waals surface area contributed by atoms with Crippen LogP contribution in [0.1, 0.15) is 39.4 Å². The number of piperazine rings is 1. The lowest BCUT2D eigenvalue weighted by Crippen LogP contribution is -2.45. The second-order valence-electron chi connectivity index (χ2n) is 10.8. The van der Waals surface area contributed by atoms with Gasteiger partial charge in [0.2, 0.25) is 0 Å². The minimum atomic E-state index is -4.54. The number of imidazole rings is 1. The van der Waals surface area contributed by atoms with Crippen molar-refractivity contribution in [3.63, 3.8) is 0 Å². The van der Waals surface area contributed by atoms with Crippen molar-refractivity contribution >= 4 is 28.9 Å². The Bertz CT molecular complexity index is 1580. The molecule has 1 aromatic carbocycles. The molecule has 1 amide bonds. The van der Waals surface area contributed by atoms with E-state index in [1.54, 1.807) is 6.07 Å². The van der Waals surface area contributed by atoms with Crippen molar-refractivity contribution in [2.75, 3.05) is 61.4 Å². The number of halogens is 3. The molecule has 0 radical (unpaired) electrons. The Kier molecular flexibility index (Phi) is 7.02. The third-order valence-corrected chi connectivity index (χ3v) is 7.97. The van der Waals surface area contributed by atoms with E-state index < -0.39 is 17.6 Å². The number of nitrogens with zero attached hydrogens (tertiary/aromatic N) is 7. The summed E-state index contributed by atoms with van der Waals surface area (Å²) < 4.78 is 41.1. The Labute approximate surface area is 235 Å². The van der Waals surface area contributed by atoms with Crippen LogP contribution in [0, 0.1) is 6.92 Å². The largest absolute Gasteiger partial charge is 0.417 e. The molecule has 0 bridgehead atoms. The number of carbonyl (C=O) groups excluding carboxylic acids is 1. The van der Waals surface area contributed by atoms with Gasteiger partial charge in [-0.15, -0.1) is 5.10 Å². The Morgan fingerprint density at radius 3 is 2.56 bits per heavy atom. The highest BCUT2D eigenvalue weighted by molar-refractivity contribution is 6.04. The van der Waals surface area contributed by atoms with E-state index in [2.05, 4.69) is 37.0 Å². The molecule has 2 aliphatic heterocycles. The van der Waals surface area contributed by atoms with Gasteiger partial charge in [-0.3, -0.25) is 9.78 Å². The first kappa shape index (κ1) is 27.0. The number of carbonyl (C=O) groups is 1. The lowest BCUT2D eigenvalue weighted by Gasteiger charge is -2.33. The van der Waals surface area contributed by atoms with Gasteiger partial charge in [0, 0.05) is 56.9 Å². The molecule has 4 aromatic rings.